The molecule has 0 fully saturated rings. The van der Waals surface area contributed by atoms with Crippen molar-refractivity contribution in [1.29, 1.82) is 0 Å². The first kappa shape index (κ1) is 18.7. The molecule has 1 unspecified atom stereocenters. The summed E-state index contributed by atoms with van der Waals surface area (Å²) in [5, 5.41) is 12.4. The van der Waals surface area contributed by atoms with E-state index in [4.69, 9.17) is 17.7 Å². The first-order chi connectivity index (χ1) is 14.9. The number of rotatable bonds is 6. The van der Waals surface area contributed by atoms with E-state index in [1.165, 1.54) is 0 Å². The molecule has 1 aliphatic rings. The van der Waals surface area contributed by atoms with Crippen molar-refractivity contribution in [1.82, 2.24) is 5.32 Å². The summed E-state index contributed by atoms with van der Waals surface area (Å²) in [6, 6.07) is 20.9. The Morgan fingerprint density at radius 1 is 1.00 bits per heavy atom. The quantitative estimate of drug-likeness (QED) is 0.594. The van der Waals surface area contributed by atoms with Gasteiger partial charge in [0.2, 0.25) is 0 Å². The molecule has 0 radical (unpaired) electrons. The van der Waals surface area contributed by atoms with Crippen molar-refractivity contribution in [3.8, 4) is 11.1 Å². The van der Waals surface area contributed by atoms with Gasteiger partial charge in [0.25, 0.3) is 0 Å². The molecule has 5 nitrogen and oxygen atoms in total. The predicted octanol–water partition coefficient (Wildman–Crippen LogP) is 4.87. The molecule has 2 N–H and O–H groups in total. The van der Waals surface area contributed by atoms with Gasteiger partial charge >= 0.3 is 12.1 Å². The Labute approximate surface area is 180 Å². The fourth-order valence-corrected chi connectivity index (χ4v) is 3.83. The molecule has 1 aliphatic carbocycles. The normalized spacial score (nSPS) is 14.8. The zero-order chi connectivity index (χ0) is 22.0. The number of carboxylic acid groups (broad SMARTS) is 1. The van der Waals surface area contributed by atoms with E-state index in [-0.39, 0.29) is 6.42 Å². The average Bonchev–Trinajstić information content (AvgIpc) is 3.09. The van der Waals surface area contributed by atoms with E-state index in [0.717, 1.165) is 22.3 Å². The number of nitrogens with one attached hydrogen (secondary N) is 1. The van der Waals surface area contributed by atoms with Crippen molar-refractivity contribution >= 4 is 23.7 Å². The number of ether oxygens (including phenoxy) is 1. The first-order valence-electron chi connectivity index (χ1n) is 10.1. The number of hydrogen-bond acceptors (Lipinski definition) is 3. The van der Waals surface area contributed by atoms with Crippen LogP contribution in [-0.2, 0) is 16.0 Å². The summed E-state index contributed by atoms with van der Waals surface area (Å²) in [6.45, 7) is -1.23. The minimum Gasteiger partial charge on any atom is -0.480 e. The lowest BCUT2D eigenvalue weighted by Crippen LogP contribution is -2.42. The molecule has 0 saturated heterocycles. The Kier molecular flexibility index (Phi) is 5.36. The lowest BCUT2D eigenvalue weighted by Gasteiger charge is -2.17. The second kappa shape index (κ2) is 8.59. The maximum Gasteiger partial charge on any atom is 0.407 e. The number of fused-ring (bicyclic) bond motifs is 3. The number of carbonyl (C=O) groups excluding carboxylic acids is 1. The van der Waals surface area contributed by atoms with Gasteiger partial charge in [-0.05, 0) is 39.9 Å². The zero-order valence-electron chi connectivity index (χ0n) is 16.9. The lowest BCUT2D eigenvalue weighted by atomic mass is 9.98. The summed E-state index contributed by atoms with van der Waals surface area (Å²) in [7, 11) is 0. The Bertz CT molecular complexity index is 1070. The molecule has 0 saturated carbocycles. The third kappa shape index (κ3) is 4.16. The smallest absolute Gasteiger partial charge is 0.407 e. The van der Waals surface area contributed by atoms with Crippen LogP contribution < -0.4 is 5.32 Å². The minimum atomic E-state index is -1.23. The Hall–Kier alpha value is -3.31. The van der Waals surface area contributed by atoms with Crippen molar-refractivity contribution < 1.29 is 20.8 Å². The maximum absolute atomic E-state index is 12.5. The molecule has 3 aromatic rings. The van der Waals surface area contributed by atoms with Crippen LogP contribution in [-0.4, -0.2) is 29.8 Å². The van der Waals surface area contributed by atoms with E-state index in [2.05, 4.69) is 5.32 Å². The number of amides is 1. The number of hydrogen-bond donors (Lipinski definition) is 2. The van der Waals surface area contributed by atoms with Crippen LogP contribution in [0.5, 0.6) is 0 Å². The second-order valence-corrected chi connectivity index (χ2v) is 7.50. The van der Waals surface area contributed by atoms with Gasteiger partial charge in [-0.3, -0.25) is 0 Å². The van der Waals surface area contributed by atoms with Gasteiger partial charge in [0.05, 0.1) is 1.37 Å². The zero-order valence-corrected chi connectivity index (χ0v) is 16.7. The van der Waals surface area contributed by atoms with Crippen molar-refractivity contribution in [2.75, 3.05) is 6.58 Å². The van der Waals surface area contributed by atoms with E-state index in [9.17, 15) is 14.7 Å². The van der Waals surface area contributed by atoms with Crippen molar-refractivity contribution in [2.45, 2.75) is 18.4 Å². The molecule has 6 heteroatoms. The largest absolute Gasteiger partial charge is 0.480 e. The monoisotopic (exact) mass is 422 g/mol. The van der Waals surface area contributed by atoms with E-state index < -0.39 is 30.6 Å². The SMILES string of the molecule is [2H]C(OC(=O)N[C@@H](Cc1ccc(Cl)cc1)C(=O)O)C1c2ccccc2-c2ccccc21. The predicted molar refractivity (Wildman–Crippen MR) is 115 cm³/mol. The number of carboxylic acids is 1. The summed E-state index contributed by atoms with van der Waals surface area (Å²) < 4.78 is 13.8. The van der Waals surface area contributed by atoms with Gasteiger partial charge < -0.3 is 15.2 Å². The van der Waals surface area contributed by atoms with E-state index >= 15 is 0 Å². The molecule has 2 atom stereocenters. The van der Waals surface area contributed by atoms with E-state index in [1.54, 1.807) is 24.3 Å². The van der Waals surface area contributed by atoms with Crippen molar-refractivity contribution in [3.05, 3.63) is 94.5 Å². The van der Waals surface area contributed by atoms with Crippen LogP contribution in [0.4, 0.5) is 4.79 Å². The Morgan fingerprint density at radius 3 is 2.13 bits per heavy atom. The molecule has 0 aliphatic heterocycles. The van der Waals surface area contributed by atoms with Gasteiger partial charge in [0.1, 0.15) is 12.6 Å². The topological polar surface area (TPSA) is 75.6 Å². The molecule has 3 aromatic carbocycles. The van der Waals surface area contributed by atoms with Gasteiger partial charge in [0.15, 0.2) is 0 Å². The highest BCUT2D eigenvalue weighted by Crippen LogP contribution is 2.44. The van der Waals surface area contributed by atoms with E-state index in [1.807, 2.05) is 48.5 Å². The van der Waals surface area contributed by atoms with Crippen LogP contribution in [0.15, 0.2) is 72.8 Å². The van der Waals surface area contributed by atoms with Crippen LogP contribution in [0.25, 0.3) is 11.1 Å². The van der Waals surface area contributed by atoms with Crippen LogP contribution >= 0.6 is 11.6 Å². The number of halogens is 1. The van der Waals surface area contributed by atoms with E-state index in [0.29, 0.717) is 10.6 Å². The maximum atomic E-state index is 12.5. The Morgan fingerprint density at radius 2 is 1.57 bits per heavy atom. The molecule has 0 heterocycles. The molecule has 0 aromatic heterocycles. The second-order valence-electron chi connectivity index (χ2n) is 7.06. The van der Waals surface area contributed by atoms with Crippen LogP contribution in [0, 0.1) is 0 Å². The third-order valence-electron chi connectivity index (χ3n) is 5.14. The summed E-state index contributed by atoms with van der Waals surface area (Å²) >= 11 is 5.86. The highest BCUT2D eigenvalue weighted by atomic mass is 35.5. The molecule has 4 rings (SSSR count). The molecular weight excluding hydrogens is 402 g/mol. The summed E-state index contributed by atoms with van der Waals surface area (Å²) in [6.07, 6.45) is -0.873. The molecule has 0 bridgehead atoms. The van der Waals surface area contributed by atoms with Gasteiger partial charge in [-0.15, -0.1) is 0 Å². The van der Waals surface area contributed by atoms with Gasteiger partial charge in [-0.25, -0.2) is 9.59 Å². The van der Waals surface area contributed by atoms with Gasteiger partial charge in [-0.2, -0.15) is 0 Å². The highest BCUT2D eigenvalue weighted by molar-refractivity contribution is 6.30. The standard InChI is InChI=1S/C24H20ClNO4/c25-16-11-9-15(10-12-16)13-22(23(27)28)26-24(29)30-14-21-19-7-3-1-5-17(19)18-6-2-4-8-20(18)21/h1-12,21-22H,13-14H2,(H,26,29)(H,27,28)/t22-/m0/s1/i14D/t14?,22-. The molecule has 152 valence electrons. The highest BCUT2D eigenvalue weighted by Gasteiger charge is 2.29. The number of benzene rings is 3. The lowest BCUT2D eigenvalue weighted by molar-refractivity contribution is -0.139. The minimum absolute atomic E-state index is 0.0688. The van der Waals surface area contributed by atoms with Crippen LogP contribution in [0.3, 0.4) is 0 Å². The number of carbonyl (C=O) groups is 2. The number of aliphatic carboxylic acids is 1. The average molecular weight is 423 g/mol. The van der Waals surface area contributed by atoms with Crippen LogP contribution in [0.1, 0.15) is 24.0 Å². The Balaban J connectivity index is 1.48. The van der Waals surface area contributed by atoms with Crippen molar-refractivity contribution in [2.24, 2.45) is 0 Å². The fraction of sp³-hybridized carbons (Fsp3) is 0.167. The summed E-state index contributed by atoms with van der Waals surface area (Å²) in [5.41, 5.74) is 4.55. The van der Waals surface area contributed by atoms with Gasteiger partial charge in [0, 0.05) is 17.4 Å². The molecule has 0 spiro atoms. The fourth-order valence-electron chi connectivity index (χ4n) is 3.70. The summed E-state index contributed by atoms with van der Waals surface area (Å²) in [4.78, 5) is 24.1. The van der Waals surface area contributed by atoms with Gasteiger partial charge in [-0.1, -0.05) is 72.3 Å². The van der Waals surface area contributed by atoms with Crippen LogP contribution in [0.2, 0.25) is 5.02 Å². The van der Waals surface area contributed by atoms with Crippen molar-refractivity contribution in [3.63, 3.8) is 0 Å². The summed E-state index contributed by atoms with van der Waals surface area (Å²) in [5.74, 6) is -1.64. The third-order valence-corrected chi connectivity index (χ3v) is 5.39. The molecular formula is C24H20ClNO4. The first-order valence-corrected chi connectivity index (χ1v) is 9.86. The molecule has 30 heavy (non-hydrogen) atoms. The number of alkyl carbamates (subject to hydrolysis) is 1. The molecule has 1 amide bonds.